The Balaban J connectivity index is 4.76. The van der Waals surface area contributed by atoms with Crippen LogP contribution in [0.2, 0.25) is 10.6 Å². The molecule has 0 aromatic carbocycles. The van der Waals surface area contributed by atoms with Gasteiger partial charge in [-0.15, -0.1) is 11.8 Å². The fourth-order valence-corrected chi connectivity index (χ4v) is 5.82. The molecule has 0 N–H and O–H groups in total. The highest BCUT2D eigenvalue weighted by Crippen LogP contribution is 2.49. The van der Waals surface area contributed by atoms with Gasteiger partial charge in [0.2, 0.25) is 0 Å². The van der Waals surface area contributed by atoms with E-state index in [9.17, 15) is 0 Å². The molecule has 0 rings (SSSR count). The molecule has 0 aromatic rings. The summed E-state index contributed by atoms with van der Waals surface area (Å²) in [6.07, 6.45) is 1.90. The predicted octanol–water partition coefficient (Wildman–Crippen LogP) is 6.83. The average molecular weight is 368 g/mol. The smallest absolute Gasteiger partial charge is 0.123 e. The lowest BCUT2D eigenvalue weighted by atomic mass is 9.66. The van der Waals surface area contributed by atoms with Crippen molar-refractivity contribution < 1.29 is 4.18 Å². The number of rotatable bonds is 10. The topological polar surface area (TPSA) is 9.23 Å². The highest BCUT2D eigenvalue weighted by Gasteiger charge is 2.37. The van der Waals surface area contributed by atoms with E-state index in [0.29, 0.717) is 5.92 Å². The molecule has 0 spiro atoms. The van der Waals surface area contributed by atoms with Crippen molar-refractivity contribution in [3.05, 3.63) is 0 Å². The van der Waals surface area contributed by atoms with Crippen molar-refractivity contribution in [2.75, 3.05) is 0 Å². The summed E-state index contributed by atoms with van der Waals surface area (Å²) < 4.78 is 6.34. The van der Waals surface area contributed by atoms with Crippen molar-refractivity contribution in [2.45, 2.75) is 114 Å². The fourth-order valence-electron chi connectivity index (χ4n) is 3.14. The monoisotopic (exact) mass is 368 g/mol. The number of thioether (sulfide) groups is 1. The summed E-state index contributed by atoms with van der Waals surface area (Å²) in [5.41, 5.74) is 0. The third kappa shape index (κ3) is 11.4. The van der Waals surface area contributed by atoms with Gasteiger partial charge in [0.05, 0.1) is 15.7 Å². The van der Waals surface area contributed by atoms with Gasteiger partial charge < -0.3 is 0 Å². The lowest BCUT2D eigenvalue weighted by Gasteiger charge is -2.40. The summed E-state index contributed by atoms with van der Waals surface area (Å²) in [6, 6.07) is 0. The Morgan fingerprint density at radius 3 is 1.67 bits per heavy atom. The molecule has 1 atom stereocenters. The summed E-state index contributed by atoms with van der Waals surface area (Å²) in [7, 11) is 12.4. The Hall–Kier alpha value is 0.790. The van der Waals surface area contributed by atoms with E-state index >= 15 is 0 Å². The number of hydrogen-bond acceptors (Lipinski definition) is 3. The van der Waals surface area contributed by atoms with E-state index in [4.69, 9.17) is 19.9 Å². The van der Waals surface area contributed by atoms with Crippen LogP contribution in [-0.2, 0) is 4.18 Å². The van der Waals surface area contributed by atoms with Gasteiger partial charge >= 0.3 is 0 Å². The molecule has 1 unspecified atom stereocenters. The van der Waals surface area contributed by atoms with E-state index in [1.807, 2.05) is 11.8 Å². The van der Waals surface area contributed by atoms with Crippen LogP contribution >= 0.6 is 23.8 Å². The van der Waals surface area contributed by atoms with E-state index in [1.54, 1.807) is 12.0 Å². The Morgan fingerprint density at radius 1 is 0.833 bits per heavy atom. The van der Waals surface area contributed by atoms with Crippen molar-refractivity contribution in [3.63, 3.8) is 0 Å². The summed E-state index contributed by atoms with van der Waals surface area (Å²) in [6.45, 7) is 23.8. The highest BCUT2D eigenvalue weighted by molar-refractivity contribution is 8.03. The normalized spacial score (nSPS) is 16.3. The van der Waals surface area contributed by atoms with Gasteiger partial charge in [0.1, 0.15) is 4.93 Å². The van der Waals surface area contributed by atoms with E-state index in [1.165, 1.54) is 0 Å². The fraction of sp³-hybridized carbons (Fsp3) is 1.00. The molecule has 0 fully saturated rings. The van der Waals surface area contributed by atoms with Gasteiger partial charge in [-0.3, -0.25) is 4.18 Å². The lowest BCUT2D eigenvalue weighted by Crippen LogP contribution is -2.33. The average Bonchev–Trinajstić information content (AvgIpc) is 2.18. The van der Waals surface area contributed by atoms with Crippen LogP contribution in [0.3, 0.4) is 0 Å². The van der Waals surface area contributed by atoms with E-state index in [0.717, 1.165) is 12.8 Å². The van der Waals surface area contributed by atoms with Crippen LogP contribution in [0.25, 0.3) is 0 Å². The molecular formula is C19H38B2OS2. The SMILES string of the molecule is [B]C(C)(C)CC(C)C(C)(C)SOC(C)(C)SC(C)(C)CC([B])(C)C. The van der Waals surface area contributed by atoms with Crippen LogP contribution in [0.4, 0.5) is 0 Å². The predicted molar refractivity (Wildman–Crippen MR) is 116 cm³/mol. The first-order chi connectivity index (χ1) is 10.2. The van der Waals surface area contributed by atoms with Crippen molar-refractivity contribution in [3.8, 4) is 0 Å². The first-order valence-corrected chi connectivity index (χ1v) is 10.5. The minimum atomic E-state index is -0.283. The molecule has 0 saturated heterocycles. The van der Waals surface area contributed by atoms with Gasteiger partial charge in [0.25, 0.3) is 0 Å². The van der Waals surface area contributed by atoms with Crippen LogP contribution in [0.15, 0.2) is 0 Å². The molecule has 0 aliphatic rings. The van der Waals surface area contributed by atoms with E-state index in [-0.39, 0.29) is 25.1 Å². The van der Waals surface area contributed by atoms with Crippen LogP contribution in [-0.4, -0.2) is 30.1 Å². The first-order valence-electron chi connectivity index (χ1n) is 8.90. The van der Waals surface area contributed by atoms with Crippen molar-refractivity contribution in [1.82, 2.24) is 0 Å². The molecule has 5 heteroatoms. The van der Waals surface area contributed by atoms with Gasteiger partial charge in [-0.1, -0.05) is 65.5 Å². The van der Waals surface area contributed by atoms with Gasteiger partial charge in [-0.2, -0.15) is 0 Å². The van der Waals surface area contributed by atoms with Crippen LogP contribution in [0.1, 0.15) is 89.0 Å². The maximum atomic E-state index is 6.28. The molecule has 4 radical (unpaired) electrons. The summed E-state index contributed by atoms with van der Waals surface area (Å²) in [5.74, 6) is 0.458. The summed E-state index contributed by atoms with van der Waals surface area (Å²) in [4.78, 5) is -0.283. The second kappa shape index (κ2) is 8.21. The van der Waals surface area contributed by atoms with E-state index in [2.05, 4.69) is 76.2 Å². The summed E-state index contributed by atoms with van der Waals surface area (Å²) >= 11 is 3.43. The molecule has 0 heterocycles. The molecule has 0 aliphatic heterocycles. The van der Waals surface area contributed by atoms with Gasteiger partial charge in [-0.25, -0.2) is 0 Å². The van der Waals surface area contributed by atoms with E-state index < -0.39 is 0 Å². The third-order valence-corrected chi connectivity index (χ3v) is 6.59. The Bertz CT molecular complexity index is 393. The summed E-state index contributed by atoms with van der Waals surface area (Å²) in [5, 5.41) is -0.337. The molecule has 0 saturated carbocycles. The van der Waals surface area contributed by atoms with Gasteiger partial charge in [0, 0.05) is 9.49 Å². The van der Waals surface area contributed by atoms with Crippen LogP contribution in [0.5, 0.6) is 0 Å². The number of hydrogen-bond donors (Lipinski definition) is 0. The van der Waals surface area contributed by atoms with Crippen LogP contribution < -0.4 is 0 Å². The quantitative estimate of drug-likeness (QED) is 0.238. The molecule has 0 aromatic heterocycles. The van der Waals surface area contributed by atoms with Crippen LogP contribution in [0, 0.1) is 5.92 Å². The molecule has 0 bridgehead atoms. The Morgan fingerprint density at radius 2 is 1.29 bits per heavy atom. The van der Waals surface area contributed by atoms with Crippen molar-refractivity contribution >= 4 is 39.5 Å². The Kier molecular flexibility index (Phi) is 8.48. The standard InChI is InChI=1S/C19H38B2OS2/c1-14(12-15(2,3)20)18(8,9)24-22-19(10,11)23-17(6,7)13-16(4,5)21/h14H,12-13H2,1-11H3. The van der Waals surface area contributed by atoms with Crippen molar-refractivity contribution in [2.24, 2.45) is 5.92 Å². The molecule has 0 amide bonds. The maximum Gasteiger partial charge on any atom is 0.123 e. The second-order valence-electron chi connectivity index (χ2n) is 10.3. The minimum absolute atomic E-state index is 0.00571. The molecule has 138 valence electrons. The molecule has 24 heavy (non-hydrogen) atoms. The molecule has 1 nitrogen and oxygen atoms in total. The van der Waals surface area contributed by atoms with Gasteiger partial charge in [-0.05, 0) is 52.1 Å². The largest absolute Gasteiger partial charge is 0.298 e. The zero-order chi connectivity index (χ0) is 19.6. The van der Waals surface area contributed by atoms with Gasteiger partial charge in [0.15, 0.2) is 0 Å². The maximum absolute atomic E-state index is 6.28. The Labute approximate surface area is 163 Å². The molecule has 0 aliphatic carbocycles. The highest BCUT2D eigenvalue weighted by atomic mass is 32.2. The second-order valence-corrected chi connectivity index (χ2v) is 14.0. The minimum Gasteiger partial charge on any atom is -0.298 e. The zero-order valence-corrected chi connectivity index (χ0v) is 19.5. The first kappa shape index (κ1) is 24.8. The zero-order valence-electron chi connectivity index (χ0n) is 17.9. The van der Waals surface area contributed by atoms with Crippen molar-refractivity contribution in [1.29, 1.82) is 0 Å². The third-order valence-electron chi connectivity index (χ3n) is 3.88. The lowest BCUT2D eigenvalue weighted by molar-refractivity contribution is 0.234. The molecular weight excluding hydrogens is 330 g/mol.